The van der Waals surface area contributed by atoms with Crippen LogP contribution in [0, 0.1) is 40.6 Å². The molecule has 20 heteroatoms. The second kappa shape index (κ2) is 22.6. The molecule has 0 fully saturated rings. The number of amides is 2. The summed E-state index contributed by atoms with van der Waals surface area (Å²) < 4.78 is 7.97. The Bertz CT molecular complexity index is 3200. The normalized spacial score (nSPS) is 9.83. The highest BCUT2D eigenvalue weighted by Gasteiger charge is 2.19. The molecule has 19 nitrogen and oxygen atoms in total. The van der Waals surface area contributed by atoms with Crippen LogP contribution < -0.4 is 15.5 Å². The number of carbonyl (C=O) groups excluding carboxylic acids is 3. The summed E-state index contributed by atoms with van der Waals surface area (Å²) in [5.41, 5.74) is 12.5. The van der Waals surface area contributed by atoms with E-state index in [4.69, 9.17) is 28.1 Å². The highest BCUT2D eigenvalue weighted by atomic mass is 32.1. The maximum Gasteiger partial charge on any atom is 0.250 e. The molecule has 2 amide bonds. The number of nitrogen functional groups attached to an aromatic ring is 1. The number of fused-ring (bicyclic) bond motifs is 2. The third kappa shape index (κ3) is 11.3. The molecule has 0 bridgehead atoms. The average Bonchev–Trinajstić information content (AvgIpc) is 4.19. The molecule has 6 heterocycles. The number of anilines is 3. The van der Waals surface area contributed by atoms with Crippen molar-refractivity contribution < 1.29 is 19.1 Å². The zero-order valence-electron chi connectivity index (χ0n) is 36.1. The summed E-state index contributed by atoms with van der Waals surface area (Å²) in [5.74, 6) is 0.156. The van der Waals surface area contributed by atoms with E-state index in [1.807, 2.05) is 78.2 Å². The predicted molar refractivity (Wildman–Crippen MR) is 248 cm³/mol. The van der Waals surface area contributed by atoms with Crippen molar-refractivity contribution in [2.75, 3.05) is 36.2 Å². The van der Waals surface area contributed by atoms with Gasteiger partial charge in [0.2, 0.25) is 23.3 Å². The number of thiophene rings is 1. The number of benzene rings is 2. The van der Waals surface area contributed by atoms with E-state index in [-0.39, 0.29) is 23.2 Å². The molecule has 328 valence electrons. The molecule has 3 N–H and O–H groups in total. The fourth-order valence-electron chi connectivity index (χ4n) is 5.73. The summed E-state index contributed by atoms with van der Waals surface area (Å²) in [6, 6.07) is 27.7. The maximum atomic E-state index is 12.7. The quantitative estimate of drug-likeness (QED) is 0.0652. The van der Waals surface area contributed by atoms with E-state index >= 15 is 0 Å². The number of hydrogen-bond donors (Lipinski definition) is 2. The van der Waals surface area contributed by atoms with E-state index in [1.54, 1.807) is 76.6 Å². The smallest absolute Gasteiger partial charge is 0.250 e. The summed E-state index contributed by atoms with van der Waals surface area (Å²) in [6.45, 7) is 12.4. The zero-order valence-corrected chi connectivity index (χ0v) is 36.9. The minimum atomic E-state index is -0.0882. The second-order valence-corrected chi connectivity index (χ2v) is 14.4. The number of ether oxygens (including phenoxy) is 1. The number of nitrogens with two attached hydrogens (primary N) is 1. The first kappa shape index (κ1) is 47.5. The van der Waals surface area contributed by atoms with Crippen molar-refractivity contribution >= 4 is 63.1 Å². The second-order valence-electron chi connectivity index (χ2n) is 13.4. The van der Waals surface area contributed by atoms with E-state index < -0.39 is 0 Å². The Kier molecular flexibility index (Phi) is 16.2. The first-order valence-electron chi connectivity index (χ1n) is 19.5. The Morgan fingerprint density at radius 3 is 1.89 bits per heavy atom. The third-order valence-electron chi connectivity index (χ3n) is 9.30. The summed E-state index contributed by atoms with van der Waals surface area (Å²) >= 11 is 1.39. The van der Waals surface area contributed by atoms with Crippen LogP contribution in [0.25, 0.3) is 38.7 Å². The highest BCUT2D eigenvalue weighted by molar-refractivity contribution is 7.12. The average molecular weight is 898 g/mol. The SMILES string of the molecule is CC(=O)N(C)c1cccc(-c2ccnc3c(C(=O)c4cccs4)cnn23)c1.CCOC=C(C#N)C#N.N#Cc1cn[nH]c1N.[C-]#[N+]c1cnn2c(-c3cccc(N(C)C(C)=O)c3)ccnc12. The molecular weight excluding hydrogens is 859 g/mol. The van der Waals surface area contributed by atoms with Crippen molar-refractivity contribution in [2.45, 2.75) is 20.8 Å². The molecule has 66 heavy (non-hydrogen) atoms. The Hall–Kier alpha value is -9.50. The molecule has 6 aromatic heterocycles. The Morgan fingerprint density at radius 1 is 0.848 bits per heavy atom. The van der Waals surface area contributed by atoms with E-state index in [0.29, 0.717) is 45.4 Å². The molecule has 0 saturated heterocycles. The predicted octanol–water partition coefficient (Wildman–Crippen LogP) is 7.42. The Morgan fingerprint density at radius 2 is 1.42 bits per heavy atom. The molecule has 0 aliphatic rings. The first-order valence-corrected chi connectivity index (χ1v) is 20.4. The number of hydrogen-bond acceptors (Lipinski definition) is 14. The van der Waals surface area contributed by atoms with E-state index in [9.17, 15) is 14.4 Å². The van der Waals surface area contributed by atoms with Gasteiger partial charge >= 0.3 is 0 Å². The van der Waals surface area contributed by atoms with Crippen LogP contribution in [-0.2, 0) is 14.3 Å². The van der Waals surface area contributed by atoms with Gasteiger partial charge in [0.1, 0.15) is 35.9 Å². The number of ketones is 1. The van der Waals surface area contributed by atoms with Crippen LogP contribution >= 0.6 is 11.3 Å². The van der Waals surface area contributed by atoms with Gasteiger partial charge < -0.3 is 20.3 Å². The van der Waals surface area contributed by atoms with Gasteiger partial charge in [-0.15, -0.1) is 11.3 Å². The molecule has 0 saturated carbocycles. The van der Waals surface area contributed by atoms with Gasteiger partial charge in [-0.3, -0.25) is 19.5 Å². The summed E-state index contributed by atoms with van der Waals surface area (Å²) in [6.07, 6.45) is 8.92. The largest absolute Gasteiger partial charge is 0.499 e. The van der Waals surface area contributed by atoms with E-state index in [1.165, 1.54) is 37.6 Å². The van der Waals surface area contributed by atoms with Crippen LogP contribution in [0.1, 0.15) is 41.6 Å². The zero-order chi connectivity index (χ0) is 47.8. The lowest BCUT2D eigenvalue weighted by molar-refractivity contribution is -0.117. The van der Waals surface area contributed by atoms with Crippen molar-refractivity contribution in [2.24, 2.45) is 0 Å². The van der Waals surface area contributed by atoms with Gasteiger partial charge in [-0.1, -0.05) is 30.3 Å². The fourth-order valence-corrected chi connectivity index (χ4v) is 6.41. The molecule has 0 aliphatic carbocycles. The van der Waals surface area contributed by atoms with Gasteiger partial charge in [-0.05, 0) is 54.8 Å². The lowest BCUT2D eigenvalue weighted by Gasteiger charge is -2.16. The highest BCUT2D eigenvalue weighted by Crippen LogP contribution is 2.28. The molecule has 0 aliphatic heterocycles. The van der Waals surface area contributed by atoms with Gasteiger partial charge in [-0.2, -0.15) is 31.1 Å². The topological polar surface area (TPSA) is 258 Å². The van der Waals surface area contributed by atoms with E-state index in [0.717, 1.165) is 40.2 Å². The van der Waals surface area contributed by atoms with Crippen LogP contribution in [0.5, 0.6) is 0 Å². The number of nitrogens with zero attached hydrogens (tertiary/aromatic N) is 13. The monoisotopic (exact) mass is 897 g/mol. The van der Waals surface area contributed by atoms with Crippen LogP contribution in [0.3, 0.4) is 0 Å². The molecule has 0 spiro atoms. The minimum Gasteiger partial charge on any atom is -0.499 e. The molecule has 8 rings (SSSR count). The number of aromatic nitrogens is 8. The van der Waals surface area contributed by atoms with E-state index in [2.05, 4.69) is 39.9 Å². The molecule has 2 aromatic carbocycles. The Balaban J connectivity index is 0.000000186. The number of rotatable bonds is 8. The summed E-state index contributed by atoms with van der Waals surface area (Å²) in [7, 11) is 3.46. The van der Waals surface area contributed by atoms with Gasteiger partial charge in [0.25, 0.3) is 0 Å². The number of H-pyrrole nitrogens is 1. The number of allylic oxidation sites excluding steroid dienone is 1. The maximum absolute atomic E-state index is 12.7. The number of aromatic amines is 1. The summed E-state index contributed by atoms with van der Waals surface area (Å²) in [5, 5.41) is 40.9. The third-order valence-corrected chi connectivity index (χ3v) is 10.2. The van der Waals surface area contributed by atoms with Gasteiger partial charge in [0.05, 0.1) is 53.6 Å². The number of carbonyl (C=O) groups is 3. The first-order chi connectivity index (χ1) is 31.9. The van der Waals surface area contributed by atoms with Crippen molar-refractivity contribution in [3.05, 3.63) is 148 Å². The van der Waals surface area contributed by atoms with Crippen LogP contribution in [-0.4, -0.2) is 77.7 Å². The van der Waals surface area contributed by atoms with Crippen LogP contribution in [0.15, 0.2) is 121 Å². The number of nitriles is 3. The van der Waals surface area contributed by atoms with Gasteiger partial charge in [0, 0.05) is 62.8 Å². The fraction of sp³-hybridized carbons (Fsp3) is 0.130. The van der Waals surface area contributed by atoms with Gasteiger partial charge in [-0.25, -0.2) is 23.8 Å². The summed E-state index contributed by atoms with van der Waals surface area (Å²) in [4.78, 5) is 51.7. The van der Waals surface area contributed by atoms with Crippen molar-refractivity contribution in [1.29, 1.82) is 15.8 Å². The minimum absolute atomic E-state index is 0.00292. The van der Waals surface area contributed by atoms with Crippen LogP contribution in [0.4, 0.5) is 22.9 Å². The standard InChI is InChI=1S/C20H16N4O2S.C16H13N5O.C6H6N2O.C4H4N4/c1-13(25)23(2)15-6-3-5-14(11-15)17-8-9-21-20-16(12-22-24(17)20)19(26)18-7-4-10-27-18;1-11(22)20(3)13-6-4-5-12(9-13)15-7-8-18-16-14(17-2)10-19-21(15)16;1-2-9-5-6(3-7)4-8;5-1-3-2-7-8-4(3)6/h3-12H,1-2H3;4-10H,1,3H3;5H,2H2,1H3;2H,(H3,6,7,8). The number of nitrogens with one attached hydrogen (secondary N) is 1. The molecule has 8 aromatic rings. The molecule has 0 radical (unpaired) electrons. The molecule has 0 unspecified atom stereocenters. The van der Waals surface area contributed by atoms with Gasteiger partial charge in [0.15, 0.2) is 16.9 Å². The van der Waals surface area contributed by atoms with Crippen molar-refractivity contribution in [1.82, 2.24) is 39.4 Å². The molecule has 0 atom stereocenters. The molecular formula is C46H39N15O4S. The lowest BCUT2D eigenvalue weighted by atomic mass is 10.1. The van der Waals surface area contributed by atoms with Crippen LogP contribution in [0.2, 0.25) is 0 Å². The lowest BCUT2D eigenvalue weighted by Crippen LogP contribution is -2.22. The Labute approximate surface area is 382 Å². The van der Waals surface area contributed by atoms with Crippen molar-refractivity contribution in [3.8, 4) is 40.7 Å². The van der Waals surface area contributed by atoms with Crippen molar-refractivity contribution in [3.63, 3.8) is 0 Å².